The molecule has 0 amide bonds. The van der Waals surface area contributed by atoms with Crippen LogP contribution in [0.2, 0.25) is 0 Å². The molecule has 0 bridgehead atoms. The van der Waals surface area contributed by atoms with Crippen molar-refractivity contribution in [3.8, 4) is 11.5 Å². The fourth-order valence-electron chi connectivity index (χ4n) is 2.88. The van der Waals surface area contributed by atoms with Crippen LogP contribution in [0, 0.1) is 13.8 Å². The van der Waals surface area contributed by atoms with Crippen LogP contribution >= 0.6 is 7.82 Å². The van der Waals surface area contributed by atoms with E-state index in [1.807, 2.05) is 6.92 Å². The van der Waals surface area contributed by atoms with Gasteiger partial charge < -0.3 is 14.1 Å². The molecule has 0 fully saturated rings. The highest BCUT2D eigenvalue weighted by Crippen LogP contribution is 2.35. The van der Waals surface area contributed by atoms with Crippen LogP contribution in [0.5, 0.6) is 11.5 Å². The maximum Gasteiger partial charge on any atom is 0.543 e. The van der Waals surface area contributed by atoms with E-state index in [0.29, 0.717) is 22.7 Å². The lowest BCUT2D eigenvalue weighted by atomic mass is 10.1. The first-order valence-corrected chi connectivity index (χ1v) is 11.2. The van der Waals surface area contributed by atoms with Crippen molar-refractivity contribution in [2.45, 2.75) is 24.8 Å². The first-order valence-electron chi connectivity index (χ1n) is 8.34. The lowest BCUT2D eigenvalue weighted by molar-refractivity contribution is 0.168. The van der Waals surface area contributed by atoms with Gasteiger partial charge in [0.1, 0.15) is 17.0 Å². The zero-order chi connectivity index (χ0) is 21.3. The van der Waals surface area contributed by atoms with E-state index in [1.165, 1.54) is 20.3 Å². The third kappa shape index (κ3) is 4.43. The van der Waals surface area contributed by atoms with Gasteiger partial charge in [-0.1, -0.05) is 0 Å². The van der Waals surface area contributed by atoms with Crippen LogP contribution in [0.25, 0.3) is 11.0 Å². The van der Waals surface area contributed by atoms with E-state index in [2.05, 4.69) is 9.97 Å². The highest BCUT2D eigenvalue weighted by molar-refractivity contribution is 7.84. The van der Waals surface area contributed by atoms with Gasteiger partial charge in [0.15, 0.2) is 0 Å². The summed E-state index contributed by atoms with van der Waals surface area (Å²) < 4.78 is 40.6. The molecule has 0 radical (unpaired) electrons. The van der Waals surface area contributed by atoms with Gasteiger partial charge in [0.25, 0.3) is 0 Å². The van der Waals surface area contributed by atoms with Crippen molar-refractivity contribution in [2.75, 3.05) is 14.2 Å². The zero-order valence-corrected chi connectivity index (χ0v) is 17.9. The number of phosphoric acid groups is 1. The summed E-state index contributed by atoms with van der Waals surface area (Å²) in [6, 6.07) is 4.64. The second-order valence-corrected chi connectivity index (χ2v) is 8.64. The van der Waals surface area contributed by atoms with Gasteiger partial charge in [-0.3, -0.25) is 19.0 Å². The molecule has 0 aliphatic carbocycles. The molecular weight excluding hydrogens is 421 g/mol. The van der Waals surface area contributed by atoms with Crippen LogP contribution in [-0.4, -0.2) is 42.9 Å². The van der Waals surface area contributed by atoms with Crippen molar-refractivity contribution < 1.29 is 32.7 Å². The summed E-state index contributed by atoms with van der Waals surface area (Å²) >= 11 is 0. The zero-order valence-electron chi connectivity index (χ0n) is 16.1. The van der Waals surface area contributed by atoms with Crippen LogP contribution in [0.4, 0.5) is 0 Å². The minimum atomic E-state index is -4.93. The number of aryl methyl sites for hydroxylation is 1. The van der Waals surface area contributed by atoms with Crippen molar-refractivity contribution in [1.29, 1.82) is 0 Å². The Labute approximate surface area is 169 Å². The van der Waals surface area contributed by atoms with E-state index >= 15 is 0 Å². The number of methoxy groups -OCH3 is 2. The number of fused-ring (bicyclic) bond motifs is 1. The molecule has 0 spiro atoms. The molecule has 1 unspecified atom stereocenters. The fraction of sp³-hybridized carbons (Fsp3) is 0.294. The van der Waals surface area contributed by atoms with Gasteiger partial charge in [-0.25, -0.2) is 9.55 Å². The first-order chi connectivity index (χ1) is 13.6. The third-order valence-corrected chi connectivity index (χ3v) is 5.78. The molecule has 2 aromatic heterocycles. The van der Waals surface area contributed by atoms with E-state index in [1.54, 1.807) is 25.3 Å². The number of rotatable bonds is 7. The molecule has 0 aliphatic rings. The summed E-state index contributed by atoms with van der Waals surface area (Å²) in [6.45, 7) is 3.64. The molecular formula is C17H20N3O7PS. The van der Waals surface area contributed by atoms with E-state index in [0.717, 1.165) is 15.9 Å². The van der Waals surface area contributed by atoms with E-state index in [4.69, 9.17) is 14.1 Å². The summed E-state index contributed by atoms with van der Waals surface area (Å²) in [5.41, 5.74) is 2.62. The van der Waals surface area contributed by atoms with Gasteiger partial charge in [0.05, 0.1) is 42.0 Å². The van der Waals surface area contributed by atoms with Crippen LogP contribution in [0.15, 0.2) is 29.6 Å². The summed E-state index contributed by atoms with van der Waals surface area (Å²) in [6.07, 6.45) is 1.61. The predicted octanol–water partition coefficient (Wildman–Crippen LogP) is 1.89. The number of pyridine rings is 1. The number of aromatic nitrogens is 3. The predicted molar refractivity (Wildman–Crippen MR) is 105 cm³/mol. The second kappa shape index (κ2) is 8.11. The maximum atomic E-state index is 13.1. The van der Waals surface area contributed by atoms with E-state index < -0.39 is 18.6 Å². The molecule has 12 heteroatoms. The lowest BCUT2D eigenvalue weighted by Gasteiger charge is -2.13. The molecule has 2 N–H and O–H groups in total. The van der Waals surface area contributed by atoms with Gasteiger partial charge in [0, 0.05) is 23.4 Å². The largest absolute Gasteiger partial charge is 0.543 e. The lowest BCUT2D eigenvalue weighted by Crippen LogP contribution is -2.15. The van der Waals surface area contributed by atoms with Crippen LogP contribution in [0.3, 0.4) is 0 Å². The molecule has 0 aliphatic heterocycles. The minimum Gasteiger partial charge on any atom is -0.497 e. The van der Waals surface area contributed by atoms with Crippen LogP contribution in [-0.2, 0) is 21.1 Å². The Morgan fingerprint density at radius 2 is 1.93 bits per heavy atom. The van der Waals surface area contributed by atoms with Crippen molar-refractivity contribution in [1.82, 2.24) is 14.7 Å². The normalized spacial score (nSPS) is 12.8. The maximum absolute atomic E-state index is 13.1. The highest BCUT2D eigenvalue weighted by atomic mass is 32.2. The number of hydrogen-bond donors (Lipinski definition) is 2. The Morgan fingerprint density at radius 3 is 2.55 bits per heavy atom. The molecule has 2 heterocycles. The summed E-state index contributed by atoms with van der Waals surface area (Å²) in [5, 5.41) is -0.155. The highest BCUT2D eigenvalue weighted by Gasteiger charge is 2.26. The number of benzene rings is 1. The molecule has 10 nitrogen and oxygen atoms in total. The molecule has 1 atom stereocenters. The topological polar surface area (TPSA) is 133 Å². The van der Waals surface area contributed by atoms with Gasteiger partial charge in [-0.2, -0.15) is 0 Å². The molecule has 0 saturated carbocycles. The first kappa shape index (κ1) is 21.3. The van der Waals surface area contributed by atoms with Crippen molar-refractivity contribution >= 4 is 29.7 Å². The summed E-state index contributed by atoms with van der Waals surface area (Å²) in [5.74, 6) is 1.07. The van der Waals surface area contributed by atoms with E-state index in [9.17, 15) is 18.6 Å². The number of ether oxygens (including phenoxy) is 2. The van der Waals surface area contributed by atoms with Crippen LogP contribution < -0.4 is 14.1 Å². The Hall–Kier alpha value is -2.46. The van der Waals surface area contributed by atoms with E-state index in [-0.39, 0.29) is 16.4 Å². The van der Waals surface area contributed by atoms with Crippen molar-refractivity contribution in [3.63, 3.8) is 0 Å². The van der Waals surface area contributed by atoms with Crippen molar-refractivity contribution in [2.24, 2.45) is 0 Å². The minimum absolute atomic E-state index is 0.0482. The third-order valence-electron chi connectivity index (χ3n) is 4.20. The molecule has 3 aromatic rings. The average molecular weight is 441 g/mol. The Balaban J connectivity index is 2.07. The van der Waals surface area contributed by atoms with Gasteiger partial charge in [0.2, 0.25) is 5.16 Å². The van der Waals surface area contributed by atoms with Gasteiger partial charge in [-0.15, -0.1) is 4.73 Å². The number of imidazole rings is 1. The quantitative estimate of drug-likeness (QED) is 0.527. The standard InChI is InChI=1S/C17H20N3O7PS/c1-10-8-18-14(11(2)16(10)26-4)9-29(24)17-19-13-7-12(25-3)5-6-15(13)20(17)27-28(21,22)23/h5-8H,9H2,1-4H3,(H2,21,22,23). The van der Waals surface area contributed by atoms with Crippen molar-refractivity contribution in [3.05, 3.63) is 41.2 Å². The fourth-order valence-corrected chi connectivity index (χ4v) is 4.50. The smallest absolute Gasteiger partial charge is 0.497 e. The Morgan fingerprint density at radius 1 is 1.21 bits per heavy atom. The monoisotopic (exact) mass is 441 g/mol. The molecule has 0 saturated heterocycles. The number of hydrogen-bond acceptors (Lipinski definition) is 7. The Bertz CT molecular complexity index is 1140. The average Bonchev–Trinajstić information content (AvgIpc) is 3.00. The summed E-state index contributed by atoms with van der Waals surface area (Å²) in [7, 11) is -3.74. The Kier molecular flexibility index (Phi) is 5.95. The molecule has 29 heavy (non-hydrogen) atoms. The summed E-state index contributed by atoms with van der Waals surface area (Å²) in [4.78, 5) is 27.1. The second-order valence-electron chi connectivity index (χ2n) is 6.15. The molecule has 3 rings (SSSR count). The SMILES string of the molecule is COc1ccc2c(c1)nc(S(=O)Cc1ncc(C)c(OC)c1C)n2OP(=O)(O)O. The van der Waals surface area contributed by atoms with Gasteiger partial charge >= 0.3 is 7.82 Å². The molecule has 156 valence electrons. The number of nitrogens with zero attached hydrogens (tertiary/aromatic N) is 3. The van der Waals surface area contributed by atoms with Gasteiger partial charge in [-0.05, 0) is 26.0 Å². The van der Waals surface area contributed by atoms with Crippen LogP contribution in [0.1, 0.15) is 16.8 Å². The molecule has 1 aromatic carbocycles.